The van der Waals surface area contributed by atoms with Gasteiger partial charge in [0.05, 0.1) is 10.7 Å². The molecule has 1 fully saturated rings. The molecule has 6 heteroatoms. The number of hydrogen-bond donors (Lipinski definition) is 1. The number of hydrogen-bond acceptors (Lipinski definition) is 2. The average molecular weight is 453 g/mol. The molecule has 4 rings (SSSR count). The van der Waals surface area contributed by atoms with Crippen LogP contribution >= 0.6 is 11.6 Å². The van der Waals surface area contributed by atoms with Gasteiger partial charge in [0, 0.05) is 17.8 Å². The molecule has 1 aromatic carbocycles. The van der Waals surface area contributed by atoms with Crippen molar-refractivity contribution in [3.63, 3.8) is 0 Å². The molecule has 2 heterocycles. The van der Waals surface area contributed by atoms with Gasteiger partial charge in [-0.1, -0.05) is 70.3 Å². The molecule has 1 aliphatic carbocycles. The molecule has 1 saturated carbocycles. The van der Waals surface area contributed by atoms with Crippen LogP contribution in [-0.2, 0) is 0 Å². The minimum atomic E-state index is -0.439. The normalized spacial score (nSPS) is 15.7. The standard InChI is InChI=1S/C26H33ClN4O/c1-16(2)19-11-7-12-20(17(3)4)23(19)31(26(28)32)25(18-9-5-6-10-18)30-15-22(27)21-13-8-14-29-24(21)30/h7-8,11-18,25H,5-6,9-10H2,1-4H3,(H2,28,32). The van der Waals surface area contributed by atoms with Gasteiger partial charge in [-0.05, 0) is 53.9 Å². The van der Waals surface area contributed by atoms with E-state index in [1.54, 1.807) is 6.20 Å². The predicted molar refractivity (Wildman–Crippen MR) is 132 cm³/mol. The first-order valence-corrected chi connectivity index (χ1v) is 12.0. The highest BCUT2D eigenvalue weighted by Crippen LogP contribution is 2.45. The van der Waals surface area contributed by atoms with Gasteiger partial charge in [-0.2, -0.15) is 0 Å². The zero-order chi connectivity index (χ0) is 23.0. The molecule has 3 aromatic rings. The fraction of sp³-hybridized carbons (Fsp3) is 0.462. The van der Waals surface area contributed by atoms with Crippen LogP contribution in [0, 0.1) is 5.92 Å². The molecular weight excluding hydrogens is 420 g/mol. The van der Waals surface area contributed by atoms with E-state index in [9.17, 15) is 4.79 Å². The number of rotatable bonds is 6. The van der Waals surface area contributed by atoms with Crippen LogP contribution in [0.4, 0.5) is 10.5 Å². The maximum absolute atomic E-state index is 13.2. The van der Waals surface area contributed by atoms with Crippen LogP contribution in [0.2, 0.25) is 5.02 Å². The zero-order valence-corrected chi connectivity index (χ0v) is 20.1. The number of fused-ring (bicyclic) bond motifs is 1. The first-order valence-electron chi connectivity index (χ1n) is 11.6. The lowest BCUT2D eigenvalue weighted by atomic mass is 9.90. The summed E-state index contributed by atoms with van der Waals surface area (Å²) in [5.74, 6) is 0.771. The van der Waals surface area contributed by atoms with Gasteiger partial charge in [-0.15, -0.1) is 0 Å². The summed E-state index contributed by atoms with van der Waals surface area (Å²) in [5.41, 5.74) is 10.2. The summed E-state index contributed by atoms with van der Waals surface area (Å²) in [7, 11) is 0. The van der Waals surface area contributed by atoms with Crippen LogP contribution < -0.4 is 10.6 Å². The molecule has 0 bridgehead atoms. The Morgan fingerprint density at radius 1 is 1.09 bits per heavy atom. The van der Waals surface area contributed by atoms with Gasteiger partial charge in [0.25, 0.3) is 0 Å². The highest BCUT2D eigenvalue weighted by atomic mass is 35.5. The summed E-state index contributed by atoms with van der Waals surface area (Å²) in [4.78, 5) is 19.7. The highest BCUT2D eigenvalue weighted by Gasteiger charge is 2.38. The third-order valence-electron chi connectivity index (χ3n) is 6.73. The van der Waals surface area contributed by atoms with Gasteiger partial charge in [-0.3, -0.25) is 4.90 Å². The number of benzene rings is 1. The zero-order valence-electron chi connectivity index (χ0n) is 19.4. The van der Waals surface area contributed by atoms with E-state index in [-0.39, 0.29) is 23.9 Å². The number of aromatic nitrogens is 2. The summed E-state index contributed by atoms with van der Waals surface area (Å²) in [5, 5.41) is 1.53. The molecule has 2 aromatic heterocycles. The number of primary amides is 1. The molecule has 0 saturated heterocycles. The van der Waals surface area contributed by atoms with Gasteiger partial charge < -0.3 is 10.3 Å². The lowest BCUT2D eigenvalue weighted by Crippen LogP contribution is -2.45. The lowest BCUT2D eigenvalue weighted by molar-refractivity contribution is 0.240. The van der Waals surface area contributed by atoms with Crippen molar-refractivity contribution < 1.29 is 4.79 Å². The number of carbonyl (C=O) groups is 1. The summed E-state index contributed by atoms with van der Waals surface area (Å²) in [6, 6.07) is 9.74. The SMILES string of the molecule is CC(C)c1cccc(C(C)C)c1N(C(N)=O)C(C1CCCC1)n1cc(Cl)c2cccnc21. The van der Waals surface area contributed by atoms with Gasteiger partial charge in [0.15, 0.2) is 0 Å². The smallest absolute Gasteiger partial charge is 0.321 e. The van der Waals surface area contributed by atoms with E-state index in [2.05, 4.69) is 55.4 Å². The molecule has 1 unspecified atom stereocenters. The second-order valence-corrected chi connectivity index (χ2v) is 9.93. The van der Waals surface area contributed by atoms with Crippen molar-refractivity contribution in [1.82, 2.24) is 9.55 Å². The summed E-state index contributed by atoms with van der Waals surface area (Å²) >= 11 is 6.63. The monoisotopic (exact) mass is 452 g/mol. The number of nitrogens with two attached hydrogens (primary N) is 1. The van der Waals surface area contributed by atoms with E-state index in [0.717, 1.165) is 53.5 Å². The number of urea groups is 1. The minimum Gasteiger partial charge on any atom is -0.351 e. The van der Waals surface area contributed by atoms with E-state index in [0.29, 0.717) is 5.02 Å². The molecule has 170 valence electrons. The Bertz CT molecular complexity index is 1090. The van der Waals surface area contributed by atoms with E-state index < -0.39 is 6.03 Å². The Labute approximate surface area is 195 Å². The minimum absolute atomic E-state index is 0.248. The third kappa shape index (κ3) is 3.99. The Kier molecular flexibility index (Phi) is 6.47. The largest absolute Gasteiger partial charge is 0.351 e. The quantitative estimate of drug-likeness (QED) is 0.429. The van der Waals surface area contributed by atoms with Crippen LogP contribution in [0.15, 0.2) is 42.7 Å². The van der Waals surface area contributed by atoms with Crippen LogP contribution in [0.25, 0.3) is 11.0 Å². The van der Waals surface area contributed by atoms with Gasteiger partial charge in [-0.25, -0.2) is 9.78 Å². The average Bonchev–Trinajstić information content (AvgIpc) is 3.40. The number of pyridine rings is 1. The van der Waals surface area contributed by atoms with Crippen molar-refractivity contribution >= 4 is 34.4 Å². The van der Waals surface area contributed by atoms with Crippen LogP contribution in [-0.4, -0.2) is 15.6 Å². The number of anilines is 1. The van der Waals surface area contributed by atoms with Crippen LogP contribution in [0.5, 0.6) is 0 Å². The number of halogens is 1. The van der Waals surface area contributed by atoms with Crippen molar-refractivity contribution in [3.8, 4) is 0 Å². The maximum Gasteiger partial charge on any atom is 0.321 e. The second kappa shape index (κ2) is 9.14. The van der Waals surface area contributed by atoms with Crippen molar-refractivity contribution in [1.29, 1.82) is 0 Å². The Morgan fingerprint density at radius 3 is 2.28 bits per heavy atom. The molecule has 2 N–H and O–H groups in total. The Morgan fingerprint density at radius 2 is 1.72 bits per heavy atom. The van der Waals surface area contributed by atoms with E-state index in [1.165, 1.54) is 0 Å². The topological polar surface area (TPSA) is 64.2 Å². The second-order valence-electron chi connectivity index (χ2n) is 9.52. The molecule has 5 nitrogen and oxygen atoms in total. The molecule has 1 atom stereocenters. The molecule has 2 amide bonds. The molecule has 0 spiro atoms. The van der Waals surface area contributed by atoms with Crippen LogP contribution in [0.1, 0.15) is 82.5 Å². The van der Waals surface area contributed by atoms with E-state index >= 15 is 0 Å². The van der Waals surface area contributed by atoms with Crippen molar-refractivity contribution in [2.24, 2.45) is 11.7 Å². The number of carbonyl (C=O) groups excluding carboxylic acids is 1. The van der Waals surface area contributed by atoms with Crippen molar-refractivity contribution in [3.05, 3.63) is 58.9 Å². The number of para-hydroxylation sites is 1. The lowest BCUT2D eigenvalue weighted by Gasteiger charge is -2.39. The van der Waals surface area contributed by atoms with E-state index in [4.69, 9.17) is 17.3 Å². The summed E-state index contributed by atoms with van der Waals surface area (Å²) < 4.78 is 2.08. The first-order chi connectivity index (χ1) is 15.3. The van der Waals surface area contributed by atoms with Gasteiger partial charge in [0.1, 0.15) is 11.8 Å². The van der Waals surface area contributed by atoms with Crippen molar-refractivity contribution in [2.45, 2.75) is 71.4 Å². The first kappa shape index (κ1) is 22.7. The molecule has 0 radical (unpaired) electrons. The summed E-state index contributed by atoms with van der Waals surface area (Å²) in [6.45, 7) is 8.65. The highest BCUT2D eigenvalue weighted by molar-refractivity contribution is 6.35. The molecule has 32 heavy (non-hydrogen) atoms. The summed E-state index contributed by atoms with van der Waals surface area (Å²) in [6.07, 6.45) is 7.80. The fourth-order valence-corrected chi connectivity index (χ4v) is 5.48. The van der Waals surface area contributed by atoms with Crippen LogP contribution in [0.3, 0.4) is 0 Å². The number of nitrogens with zero attached hydrogens (tertiary/aromatic N) is 3. The van der Waals surface area contributed by atoms with Gasteiger partial charge >= 0.3 is 6.03 Å². The molecule has 0 aliphatic heterocycles. The van der Waals surface area contributed by atoms with E-state index in [1.807, 2.05) is 23.2 Å². The fourth-order valence-electron chi connectivity index (χ4n) is 5.22. The predicted octanol–water partition coefficient (Wildman–Crippen LogP) is 7.21. The molecule has 1 aliphatic rings. The number of amides is 2. The maximum atomic E-state index is 13.2. The Hall–Kier alpha value is -2.53. The van der Waals surface area contributed by atoms with Crippen molar-refractivity contribution in [2.75, 3.05) is 4.90 Å². The Balaban J connectivity index is 2.00. The molecular formula is C26H33ClN4O. The van der Waals surface area contributed by atoms with Gasteiger partial charge in [0.2, 0.25) is 0 Å². The third-order valence-corrected chi connectivity index (χ3v) is 7.03.